The van der Waals surface area contributed by atoms with Gasteiger partial charge < -0.3 is 20.5 Å². The number of benzene rings is 1. The Balaban J connectivity index is 2.57. The van der Waals surface area contributed by atoms with Gasteiger partial charge in [0, 0.05) is 16.4 Å². The van der Waals surface area contributed by atoms with E-state index in [0.717, 1.165) is 3.57 Å². The Morgan fingerprint density at radius 2 is 2.22 bits per heavy atom. The third kappa shape index (κ3) is 4.88. The summed E-state index contributed by atoms with van der Waals surface area (Å²) in [6.07, 6.45) is 0. The molecule has 2 amide bonds. The summed E-state index contributed by atoms with van der Waals surface area (Å²) in [7, 11) is 1.37. The fraction of sp³-hybridized carbons (Fsp3) is 0.273. The van der Waals surface area contributed by atoms with Crippen molar-refractivity contribution in [2.24, 2.45) is 0 Å². The van der Waals surface area contributed by atoms with E-state index in [9.17, 15) is 9.59 Å². The summed E-state index contributed by atoms with van der Waals surface area (Å²) in [5.41, 5.74) is 0.598. The van der Waals surface area contributed by atoms with Crippen molar-refractivity contribution >= 4 is 40.3 Å². The second-order valence-electron chi connectivity index (χ2n) is 3.45. The molecule has 1 aromatic rings. The van der Waals surface area contributed by atoms with E-state index in [2.05, 4.69) is 33.2 Å². The van der Waals surface area contributed by atoms with Crippen LogP contribution in [0.25, 0.3) is 0 Å². The molecule has 0 radical (unpaired) electrons. The topological polar surface area (TPSA) is 87.7 Å². The normalized spacial score (nSPS) is 11.7. The Labute approximate surface area is 118 Å². The van der Waals surface area contributed by atoms with Crippen LogP contribution in [-0.4, -0.2) is 36.9 Å². The number of urea groups is 1. The summed E-state index contributed by atoms with van der Waals surface area (Å²) in [5, 5.41) is 13.7. The van der Waals surface area contributed by atoms with E-state index in [-0.39, 0.29) is 6.61 Å². The molecule has 0 saturated heterocycles. The molecule has 0 aliphatic rings. The Kier molecular flexibility index (Phi) is 5.86. The first-order valence-corrected chi connectivity index (χ1v) is 6.15. The van der Waals surface area contributed by atoms with Crippen LogP contribution < -0.4 is 10.6 Å². The lowest BCUT2D eigenvalue weighted by Gasteiger charge is -2.14. The molecule has 0 saturated carbocycles. The van der Waals surface area contributed by atoms with Crippen molar-refractivity contribution in [2.45, 2.75) is 6.04 Å². The number of methoxy groups -OCH3 is 1. The van der Waals surface area contributed by atoms with Crippen LogP contribution in [0.3, 0.4) is 0 Å². The Bertz CT molecular complexity index is 439. The lowest BCUT2D eigenvalue weighted by Crippen LogP contribution is -2.45. The van der Waals surface area contributed by atoms with Gasteiger partial charge in [-0.05, 0) is 40.8 Å². The number of halogens is 1. The van der Waals surface area contributed by atoms with Gasteiger partial charge in [-0.1, -0.05) is 6.07 Å². The Hall–Kier alpha value is -1.35. The number of amides is 2. The number of nitrogens with one attached hydrogen (secondary N) is 2. The molecule has 1 rings (SSSR count). The average Bonchev–Trinajstić information content (AvgIpc) is 2.28. The monoisotopic (exact) mass is 364 g/mol. The van der Waals surface area contributed by atoms with Crippen molar-refractivity contribution in [1.29, 1.82) is 0 Å². The number of carboxylic acid groups (broad SMARTS) is 1. The molecule has 3 N–H and O–H groups in total. The largest absolute Gasteiger partial charge is 0.480 e. The van der Waals surface area contributed by atoms with Gasteiger partial charge in [-0.25, -0.2) is 9.59 Å². The molecule has 0 fully saturated rings. The van der Waals surface area contributed by atoms with Crippen molar-refractivity contribution in [3.05, 3.63) is 27.8 Å². The number of carbonyl (C=O) groups is 2. The van der Waals surface area contributed by atoms with Crippen molar-refractivity contribution in [3.8, 4) is 0 Å². The smallest absolute Gasteiger partial charge is 0.328 e. The van der Waals surface area contributed by atoms with E-state index in [1.54, 1.807) is 18.2 Å². The molecular weight excluding hydrogens is 351 g/mol. The lowest BCUT2D eigenvalue weighted by atomic mass is 10.3. The quantitative estimate of drug-likeness (QED) is 0.692. The predicted octanol–water partition coefficient (Wildman–Crippen LogP) is 1.51. The van der Waals surface area contributed by atoms with E-state index >= 15 is 0 Å². The van der Waals surface area contributed by atoms with Crippen LogP contribution in [0.5, 0.6) is 0 Å². The van der Waals surface area contributed by atoms with E-state index in [1.165, 1.54) is 7.11 Å². The average molecular weight is 364 g/mol. The van der Waals surface area contributed by atoms with Crippen LogP contribution in [0.4, 0.5) is 10.5 Å². The molecule has 98 valence electrons. The number of carboxylic acids is 1. The van der Waals surface area contributed by atoms with Crippen LogP contribution in [-0.2, 0) is 9.53 Å². The third-order valence-corrected chi connectivity index (χ3v) is 2.69. The Morgan fingerprint density at radius 3 is 2.78 bits per heavy atom. The van der Waals surface area contributed by atoms with Crippen molar-refractivity contribution < 1.29 is 19.4 Å². The molecule has 0 aromatic heterocycles. The van der Waals surface area contributed by atoms with Crippen LogP contribution in [0.15, 0.2) is 24.3 Å². The number of rotatable bonds is 5. The zero-order valence-corrected chi connectivity index (χ0v) is 11.8. The van der Waals surface area contributed by atoms with Crippen LogP contribution in [0.1, 0.15) is 0 Å². The number of hydrogen-bond acceptors (Lipinski definition) is 3. The van der Waals surface area contributed by atoms with E-state index in [4.69, 9.17) is 9.84 Å². The highest BCUT2D eigenvalue weighted by Gasteiger charge is 2.19. The second-order valence-corrected chi connectivity index (χ2v) is 4.70. The number of carbonyl (C=O) groups excluding carboxylic acids is 1. The summed E-state index contributed by atoms with van der Waals surface area (Å²) < 4.78 is 5.68. The maximum Gasteiger partial charge on any atom is 0.328 e. The molecule has 0 aliphatic heterocycles. The van der Waals surface area contributed by atoms with Gasteiger partial charge in [-0.15, -0.1) is 0 Å². The fourth-order valence-corrected chi connectivity index (χ4v) is 1.78. The van der Waals surface area contributed by atoms with Gasteiger partial charge in [0.15, 0.2) is 6.04 Å². The molecule has 0 heterocycles. The van der Waals surface area contributed by atoms with Gasteiger partial charge in [0.25, 0.3) is 0 Å². The summed E-state index contributed by atoms with van der Waals surface area (Å²) in [6.45, 7) is -0.0882. The molecule has 0 spiro atoms. The predicted molar refractivity (Wildman–Crippen MR) is 74.6 cm³/mol. The van der Waals surface area contributed by atoms with Crippen molar-refractivity contribution in [3.63, 3.8) is 0 Å². The van der Waals surface area contributed by atoms with E-state index < -0.39 is 18.0 Å². The molecule has 1 atom stereocenters. The molecule has 1 unspecified atom stereocenters. The molecule has 18 heavy (non-hydrogen) atoms. The molecule has 7 heteroatoms. The molecule has 1 aromatic carbocycles. The summed E-state index contributed by atoms with van der Waals surface area (Å²) in [4.78, 5) is 22.4. The number of anilines is 1. The summed E-state index contributed by atoms with van der Waals surface area (Å²) in [5.74, 6) is -1.14. The third-order valence-electron chi connectivity index (χ3n) is 2.02. The molecular formula is C11H13IN2O4. The fourth-order valence-electron chi connectivity index (χ4n) is 1.23. The second kappa shape index (κ2) is 7.17. The number of aliphatic carboxylic acids is 1. The summed E-state index contributed by atoms with van der Waals surface area (Å²) >= 11 is 2.12. The molecule has 6 nitrogen and oxygen atoms in total. The minimum absolute atomic E-state index is 0.0882. The zero-order chi connectivity index (χ0) is 13.5. The van der Waals surface area contributed by atoms with Gasteiger partial charge in [-0.3, -0.25) is 0 Å². The SMILES string of the molecule is COCC(NC(=O)Nc1cccc(I)c1)C(=O)O. The van der Waals surface area contributed by atoms with E-state index in [0.29, 0.717) is 5.69 Å². The summed E-state index contributed by atoms with van der Waals surface area (Å²) in [6, 6.07) is 5.51. The minimum Gasteiger partial charge on any atom is -0.480 e. The molecule has 0 aliphatic carbocycles. The van der Waals surface area contributed by atoms with Gasteiger partial charge in [0.1, 0.15) is 0 Å². The maximum atomic E-state index is 11.6. The first kappa shape index (κ1) is 14.7. The lowest BCUT2D eigenvalue weighted by molar-refractivity contribution is -0.140. The minimum atomic E-state index is -1.14. The standard InChI is InChI=1S/C11H13IN2O4/c1-18-6-9(10(15)16)14-11(17)13-8-4-2-3-7(12)5-8/h2-5,9H,6H2,1H3,(H,15,16)(H2,13,14,17). The number of ether oxygens (including phenoxy) is 1. The van der Waals surface area contributed by atoms with Crippen molar-refractivity contribution in [2.75, 3.05) is 19.0 Å². The van der Waals surface area contributed by atoms with Crippen LogP contribution in [0.2, 0.25) is 0 Å². The van der Waals surface area contributed by atoms with Gasteiger partial charge in [0.2, 0.25) is 0 Å². The highest BCUT2D eigenvalue weighted by molar-refractivity contribution is 14.1. The highest BCUT2D eigenvalue weighted by Crippen LogP contribution is 2.12. The van der Waals surface area contributed by atoms with Gasteiger partial charge in [-0.2, -0.15) is 0 Å². The van der Waals surface area contributed by atoms with Gasteiger partial charge in [0.05, 0.1) is 6.61 Å². The number of hydrogen-bond donors (Lipinski definition) is 3. The van der Waals surface area contributed by atoms with Crippen LogP contribution >= 0.6 is 22.6 Å². The first-order chi connectivity index (χ1) is 8.52. The molecule has 0 bridgehead atoms. The zero-order valence-electron chi connectivity index (χ0n) is 9.64. The Morgan fingerprint density at radius 1 is 1.50 bits per heavy atom. The maximum absolute atomic E-state index is 11.6. The van der Waals surface area contributed by atoms with Crippen molar-refractivity contribution in [1.82, 2.24) is 5.32 Å². The highest BCUT2D eigenvalue weighted by atomic mass is 127. The van der Waals surface area contributed by atoms with Crippen LogP contribution in [0, 0.1) is 3.57 Å². The van der Waals surface area contributed by atoms with Gasteiger partial charge >= 0.3 is 12.0 Å². The first-order valence-electron chi connectivity index (χ1n) is 5.07. The van der Waals surface area contributed by atoms with E-state index in [1.807, 2.05) is 6.07 Å².